The summed E-state index contributed by atoms with van der Waals surface area (Å²) in [5, 5.41) is 29.3. The molecule has 3 N–H and O–H groups in total. The van der Waals surface area contributed by atoms with Gasteiger partial charge in [0.25, 0.3) is 0 Å². The Morgan fingerprint density at radius 3 is 2.20 bits per heavy atom. The van der Waals surface area contributed by atoms with Crippen molar-refractivity contribution in [3.8, 4) is 0 Å². The summed E-state index contributed by atoms with van der Waals surface area (Å²) in [6.45, 7) is 9.13. The van der Waals surface area contributed by atoms with E-state index in [1.807, 2.05) is 6.08 Å². The number of aliphatic carboxylic acids is 1. The summed E-state index contributed by atoms with van der Waals surface area (Å²) in [4.78, 5) is 21.7. The minimum absolute atomic E-state index is 0.0254. The Morgan fingerprint density at radius 2 is 1.72 bits per heavy atom. The normalized spacial score (nSPS) is 17.5. The molecule has 5 nitrogen and oxygen atoms in total. The van der Waals surface area contributed by atoms with E-state index >= 15 is 0 Å². The molecule has 0 bridgehead atoms. The van der Waals surface area contributed by atoms with Crippen LogP contribution < -0.4 is 0 Å². The first-order chi connectivity index (χ1) is 11.4. The molecule has 0 radical (unpaired) electrons. The number of ketones is 1. The van der Waals surface area contributed by atoms with E-state index in [0.29, 0.717) is 18.8 Å². The molecule has 0 aliphatic rings. The average Bonchev–Trinajstić information content (AvgIpc) is 2.43. The van der Waals surface area contributed by atoms with Crippen LogP contribution in [0.3, 0.4) is 0 Å². The van der Waals surface area contributed by atoms with E-state index in [1.165, 1.54) is 0 Å². The van der Waals surface area contributed by atoms with E-state index in [4.69, 9.17) is 5.11 Å². The molecule has 25 heavy (non-hydrogen) atoms. The molecule has 0 aromatic heterocycles. The van der Waals surface area contributed by atoms with Gasteiger partial charge in [-0.05, 0) is 45.4 Å². The topological polar surface area (TPSA) is 94.8 Å². The van der Waals surface area contributed by atoms with Crippen LogP contribution >= 0.6 is 0 Å². The second-order valence-corrected chi connectivity index (χ2v) is 7.54. The molecular formula is C20H34O5. The van der Waals surface area contributed by atoms with Gasteiger partial charge in [-0.1, -0.05) is 37.6 Å². The Labute approximate surface area is 151 Å². The lowest BCUT2D eigenvalue weighted by atomic mass is 9.87. The molecule has 0 heterocycles. The zero-order chi connectivity index (χ0) is 19.6. The van der Waals surface area contributed by atoms with Gasteiger partial charge < -0.3 is 20.1 Å². The van der Waals surface area contributed by atoms with Crippen LogP contribution in [0.2, 0.25) is 0 Å². The molecule has 0 saturated carbocycles. The Bertz CT molecular complexity index is 488. The van der Waals surface area contributed by atoms with Crippen molar-refractivity contribution in [2.75, 3.05) is 0 Å². The third-order valence-corrected chi connectivity index (χ3v) is 4.22. The van der Waals surface area contributed by atoms with Crippen molar-refractivity contribution in [2.45, 2.75) is 78.4 Å². The lowest BCUT2D eigenvalue weighted by Crippen LogP contribution is -2.27. The van der Waals surface area contributed by atoms with Crippen LogP contribution in [0, 0.1) is 11.8 Å². The fourth-order valence-corrected chi connectivity index (χ4v) is 2.62. The van der Waals surface area contributed by atoms with Gasteiger partial charge in [0.1, 0.15) is 5.78 Å². The predicted molar refractivity (Wildman–Crippen MR) is 99.3 cm³/mol. The van der Waals surface area contributed by atoms with Crippen molar-refractivity contribution in [1.82, 2.24) is 0 Å². The lowest BCUT2D eigenvalue weighted by molar-refractivity contribution is -0.137. The first kappa shape index (κ1) is 23.5. The van der Waals surface area contributed by atoms with Gasteiger partial charge in [0.2, 0.25) is 0 Å². The van der Waals surface area contributed by atoms with E-state index in [2.05, 4.69) is 13.8 Å². The number of hydrogen-bond donors (Lipinski definition) is 3. The van der Waals surface area contributed by atoms with Crippen LogP contribution in [0.15, 0.2) is 23.8 Å². The molecule has 0 aliphatic heterocycles. The van der Waals surface area contributed by atoms with Gasteiger partial charge in [-0.3, -0.25) is 4.79 Å². The highest BCUT2D eigenvalue weighted by Gasteiger charge is 2.22. The highest BCUT2D eigenvalue weighted by Crippen LogP contribution is 2.23. The summed E-state index contributed by atoms with van der Waals surface area (Å²) in [7, 11) is 0. The van der Waals surface area contributed by atoms with Crippen molar-refractivity contribution >= 4 is 11.8 Å². The van der Waals surface area contributed by atoms with Gasteiger partial charge in [-0.25, -0.2) is 0 Å². The van der Waals surface area contributed by atoms with Gasteiger partial charge in [-0.15, -0.1) is 0 Å². The molecule has 0 unspecified atom stereocenters. The Hall–Kier alpha value is -1.46. The molecule has 0 aromatic rings. The maximum Gasteiger partial charge on any atom is 0.303 e. The van der Waals surface area contributed by atoms with Crippen molar-refractivity contribution in [3.63, 3.8) is 0 Å². The molecule has 0 saturated heterocycles. The van der Waals surface area contributed by atoms with Crippen molar-refractivity contribution in [3.05, 3.63) is 23.8 Å². The molecule has 0 rings (SSSR count). The van der Waals surface area contributed by atoms with Gasteiger partial charge in [0, 0.05) is 19.3 Å². The fourth-order valence-electron chi connectivity index (χ4n) is 2.62. The van der Waals surface area contributed by atoms with E-state index in [9.17, 15) is 19.8 Å². The number of allylic oxidation sites excluding steroid dienone is 2. The second kappa shape index (κ2) is 11.2. The zero-order valence-corrected chi connectivity index (χ0v) is 16.2. The lowest BCUT2D eigenvalue weighted by Gasteiger charge is -2.24. The molecule has 3 atom stereocenters. The Morgan fingerprint density at radius 1 is 1.12 bits per heavy atom. The highest BCUT2D eigenvalue weighted by molar-refractivity contribution is 5.75. The largest absolute Gasteiger partial charge is 0.481 e. The number of Topliss-reactive ketones (excluding diaryl/α,β-unsaturated/α-hetero) is 1. The number of aliphatic hydroxyl groups excluding tert-OH is 1. The monoisotopic (exact) mass is 354 g/mol. The second-order valence-electron chi connectivity index (χ2n) is 7.54. The number of carboxylic acid groups (broad SMARTS) is 1. The summed E-state index contributed by atoms with van der Waals surface area (Å²) in [5.74, 6) is -0.166. The molecule has 0 amide bonds. The van der Waals surface area contributed by atoms with Gasteiger partial charge >= 0.3 is 5.97 Å². The maximum atomic E-state index is 11.2. The molecule has 0 spiro atoms. The number of carbonyl (C=O) groups is 2. The van der Waals surface area contributed by atoms with Crippen molar-refractivity contribution in [2.24, 2.45) is 11.8 Å². The Balaban J connectivity index is 4.73. The molecule has 144 valence electrons. The average molecular weight is 354 g/mol. The molecule has 0 fully saturated rings. The third-order valence-electron chi connectivity index (χ3n) is 4.22. The summed E-state index contributed by atoms with van der Waals surface area (Å²) in [6.07, 6.45) is 6.18. The van der Waals surface area contributed by atoms with E-state index < -0.39 is 17.7 Å². The van der Waals surface area contributed by atoms with Gasteiger partial charge in [0.05, 0.1) is 11.7 Å². The van der Waals surface area contributed by atoms with E-state index in [1.54, 1.807) is 32.9 Å². The third kappa shape index (κ3) is 12.5. The van der Waals surface area contributed by atoms with Crippen LogP contribution in [0.4, 0.5) is 0 Å². The summed E-state index contributed by atoms with van der Waals surface area (Å²) in [6, 6.07) is 0. The van der Waals surface area contributed by atoms with Crippen molar-refractivity contribution in [1.29, 1.82) is 0 Å². The number of carboxylic acids is 1. The number of rotatable bonds is 12. The molecule has 0 aromatic carbocycles. The quantitative estimate of drug-likeness (QED) is 0.466. The zero-order valence-electron chi connectivity index (χ0n) is 16.2. The van der Waals surface area contributed by atoms with E-state index in [0.717, 1.165) is 12.0 Å². The SMILES string of the molecule is CC(=O)CC[C@H](/C=C/[C@@](C)(O)C[C@@H](O)/C=C(\C)CCC(=O)O)C(C)C. The van der Waals surface area contributed by atoms with Crippen molar-refractivity contribution < 1.29 is 24.9 Å². The minimum atomic E-state index is -1.17. The van der Waals surface area contributed by atoms with Gasteiger partial charge in [0.15, 0.2) is 0 Å². The minimum Gasteiger partial charge on any atom is -0.481 e. The van der Waals surface area contributed by atoms with Gasteiger partial charge in [-0.2, -0.15) is 0 Å². The maximum absolute atomic E-state index is 11.2. The summed E-state index contributed by atoms with van der Waals surface area (Å²) in [5.41, 5.74) is -0.386. The first-order valence-corrected chi connectivity index (χ1v) is 8.91. The molecule has 0 aliphatic carbocycles. The summed E-state index contributed by atoms with van der Waals surface area (Å²) >= 11 is 0. The number of aliphatic hydroxyl groups is 2. The van der Waals surface area contributed by atoms with Crippen LogP contribution in [-0.4, -0.2) is 38.8 Å². The Kier molecular flexibility index (Phi) is 10.6. The van der Waals surface area contributed by atoms with E-state index in [-0.39, 0.29) is 24.5 Å². The highest BCUT2D eigenvalue weighted by atomic mass is 16.4. The predicted octanol–water partition coefficient (Wildman–Crippen LogP) is 3.50. The molecular weight excluding hydrogens is 320 g/mol. The van der Waals surface area contributed by atoms with Crippen LogP contribution in [0.25, 0.3) is 0 Å². The van der Waals surface area contributed by atoms with Crippen LogP contribution in [0.5, 0.6) is 0 Å². The summed E-state index contributed by atoms with van der Waals surface area (Å²) < 4.78 is 0. The number of hydrogen-bond acceptors (Lipinski definition) is 4. The first-order valence-electron chi connectivity index (χ1n) is 8.91. The standard InChI is InChI=1S/C20H34O5/c1-14(2)17(8-7-16(4)21)10-11-20(5,25)13-18(22)12-15(3)6-9-19(23)24/h10-12,14,17-18,22,25H,6-9,13H2,1-5H3,(H,23,24)/b11-10+,15-12+/t17-,18+,20-/m1/s1. The fraction of sp³-hybridized carbons (Fsp3) is 0.700. The smallest absolute Gasteiger partial charge is 0.303 e. The van der Waals surface area contributed by atoms with Crippen LogP contribution in [-0.2, 0) is 9.59 Å². The van der Waals surface area contributed by atoms with Crippen LogP contribution in [0.1, 0.15) is 66.7 Å². The molecule has 5 heteroatoms. The number of carbonyl (C=O) groups excluding carboxylic acids is 1.